The summed E-state index contributed by atoms with van der Waals surface area (Å²) < 4.78 is 5.64. The van der Waals surface area contributed by atoms with Crippen LogP contribution in [0.5, 0.6) is 0 Å². The van der Waals surface area contributed by atoms with Crippen molar-refractivity contribution in [3.05, 3.63) is 10.6 Å². The van der Waals surface area contributed by atoms with E-state index in [1.54, 1.807) is 0 Å². The van der Waals surface area contributed by atoms with Crippen LogP contribution in [0.15, 0.2) is 0 Å². The van der Waals surface area contributed by atoms with Crippen molar-refractivity contribution in [1.29, 1.82) is 0 Å². The summed E-state index contributed by atoms with van der Waals surface area (Å²) in [6.45, 7) is 5.96. The number of anilines is 1. The van der Waals surface area contributed by atoms with E-state index in [9.17, 15) is 4.79 Å². The van der Waals surface area contributed by atoms with Crippen LogP contribution in [0.4, 0.5) is 5.13 Å². The third-order valence-corrected chi connectivity index (χ3v) is 4.79. The molecule has 1 saturated heterocycles. The highest BCUT2D eigenvalue weighted by Gasteiger charge is 2.21. The molecule has 0 saturated carbocycles. The molecule has 0 aliphatic carbocycles. The number of aldehydes is 1. The number of ether oxygens (including phenoxy) is 1. The molecule has 0 N–H and O–H groups in total. The maximum absolute atomic E-state index is 11.2. The summed E-state index contributed by atoms with van der Waals surface area (Å²) in [5.41, 5.74) is 0.941. The molecule has 1 fully saturated rings. The Morgan fingerprint density at radius 3 is 3.00 bits per heavy atom. The highest BCUT2D eigenvalue weighted by atomic mass is 32.1. The number of rotatable bonds is 6. The Morgan fingerprint density at radius 2 is 2.42 bits per heavy atom. The Morgan fingerprint density at radius 1 is 1.63 bits per heavy atom. The molecule has 0 amide bonds. The van der Waals surface area contributed by atoms with Crippen LogP contribution in [0.3, 0.4) is 0 Å². The van der Waals surface area contributed by atoms with Crippen molar-refractivity contribution in [2.45, 2.75) is 45.1 Å². The summed E-state index contributed by atoms with van der Waals surface area (Å²) in [4.78, 5) is 18.7. The molecule has 1 aromatic heterocycles. The number of thiazole rings is 1. The first-order valence-electron chi connectivity index (χ1n) is 6.94. The van der Waals surface area contributed by atoms with Gasteiger partial charge in [-0.1, -0.05) is 25.2 Å². The van der Waals surface area contributed by atoms with Gasteiger partial charge in [-0.3, -0.25) is 4.79 Å². The van der Waals surface area contributed by atoms with Crippen molar-refractivity contribution < 1.29 is 9.53 Å². The SMILES string of the molecule is CCC(C)c1nc(N(C)CC2CCCO2)sc1C=O. The molecule has 0 radical (unpaired) electrons. The zero-order valence-corrected chi connectivity index (χ0v) is 12.7. The minimum atomic E-state index is 0.306. The van der Waals surface area contributed by atoms with Crippen LogP contribution in [0.1, 0.15) is 54.4 Å². The lowest BCUT2D eigenvalue weighted by molar-refractivity contribution is 0.112. The predicted octanol–water partition coefficient (Wildman–Crippen LogP) is 3.08. The normalized spacial score (nSPS) is 20.5. The predicted molar refractivity (Wildman–Crippen MR) is 78.5 cm³/mol. The van der Waals surface area contributed by atoms with Gasteiger partial charge < -0.3 is 9.64 Å². The summed E-state index contributed by atoms with van der Waals surface area (Å²) in [5, 5.41) is 0.924. The van der Waals surface area contributed by atoms with Crippen LogP contribution in [-0.2, 0) is 4.74 Å². The Bertz CT molecular complexity index is 427. The monoisotopic (exact) mass is 282 g/mol. The van der Waals surface area contributed by atoms with Gasteiger partial charge in [-0.25, -0.2) is 4.98 Å². The van der Waals surface area contributed by atoms with Crippen LogP contribution in [0.2, 0.25) is 0 Å². The fourth-order valence-corrected chi connectivity index (χ4v) is 3.27. The fraction of sp³-hybridized carbons (Fsp3) is 0.714. The average Bonchev–Trinajstić information content (AvgIpc) is 3.06. The first kappa shape index (κ1) is 14.5. The minimum absolute atomic E-state index is 0.306. The molecule has 1 aliphatic heterocycles. The first-order valence-corrected chi connectivity index (χ1v) is 7.76. The van der Waals surface area contributed by atoms with Crippen LogP contribution < -0.4 is 4.90 Å². The highest BCUT2D eigenvalue weighted by Crippen LogP contribution is 2.31. The molecular weight excluding hydrogens is 260 g/mol. The zero-order valence-electron chi connectivity index (χ0n) is 11.9. The van der Waals surface area contributed by atoms with E-state index in [4.69, 9.17) is 4.74 Å². The molecule has 2 atom stereocenters. The summed E-state index contributed by atoms with van der Waals surface area (Å²) in [6.07, 6.45) is 4.51. The molecule has 0 bridgehead atoms. The van der Waals surface area contributed by atoms with Gasteiger partial charge in [0.25, 0.3) is 0 Å². The van der Waals surface area contributed by atoms with Gasteiger partial charge >= 0.3 is 0 Å². The van der Waals surface area contributed by atoms with E-state index >= 15 is 0 Å². The molecule has 0 spiro atoms. The van der Waals surface area contributed by atoms with E-state index in [0.717, 1.165) is 54.4 Å². The van der Waals surface area contributed by atoms with Gasteiger partial charge in [-0.2, -0.15) is 0 Å². The van der Waals surface area contributed by atoms with E-state index in [1.807, 2.05) is 7.05 Å². The number of aromatic nitrogens is 1. The number of hydrogen-bond acceptors (Lipinski definition) is 5. The van der Waals surface area contributed by atoms with E-state index < -0.39 is 0 Å². The molecule has 19 heavy (non-hydrogen) atoms. The zero-order chi connectivity index (χ0) is 13.8. The van der Waals surface area contributed by atoms with Gasteiger partial charge in [0.2, 0.25) is 0 Å². The quantitative estimate of drug-likeness (QED) is 0.752. The number of carbonyl (C=O) groups excluding carboxylic acids is 1. The average molecular weight is 282 g/mol. The van der Waals surface area contributed by atoms with Gasteiger partial charge in [-0.05, 0) is 25.2 Å². The smallest absolute Gasteiger partial charge is 0.186 e. The molecule has 106 valence electrons. The molecular formula is C14H22N2O2S. The number of carbonyl (C=O) groups is 1. The van der Waals surface area contributed by atoms with Gasteiger partial charge in [0, 0.05) is 20.2 Å². The van der Waals surface area contributed by atoms with Crippen molar-refractivity contribution in [3.8, 4) is 0 Å². The Hall–Kier alpha value is -0.940. The molecule has 5 heteroatoms. The van der Waals surface area contributed by atoms with Crippen molar-refractivity contribution in [1.82, 2.24) is 4.98 Å². The van der Waals surface area contributed by atoms with E-state index in [-0.39, 0.29) is 0 Å². The maximum Gasteiger partial charge on any atom is 0.186 e. The molecule has 1 aromatic rings. The first-order chi connectivity index (χ1) is 9.15. The minimum Gasteiger partial charge on any atom is -0.376 e. The number of nitrogens with zero attached hydrogens (tertiary/aromatic N) is 2. The molecule has 0 aromatic carbocycles. The van der Waals surface area contributed by atoms with Crippen LogP contribution >= 0.6 is 11.3 Å². The molecule has 2 heterocycles. The lowest BCUT2D eigenvalue weighted by Crippen LogP contribution is -2.28. The van der Waals surface area contributed by atoms with Crippen LogP contribution in [0.25, 0.3) is 0 Å². The van der Waals surface area contributed by atoms with Crippen LogP contribution in [-0.4, -0.2) is 37.6 Å². The Kier molecular flexibility index (Phi) is 4.93. The van der Waals surface area contributed by atoms with Crippen molar-refractivity contribution in [2.75, 3.05) is 25.1 Å². The van der Waals surface area contributed by atoms with E-state index in [2.05, 4.69) is 23.7 Å². The summed E-state index contributed by atoms with van der Waals surface area (Å²) >= 11 is 1.49. The van der Waals surface area contributed by atoms with Gasteiger partial charge in [0.05, 0.1) is 16.7 Å². The fourth-order valence-electron chi connectivity index (χ4n) is 2.30. The highest BCUT2D eigenvalue weighted by molar-refractivity contribution is 7.17. The summed E-state index contributed by atoms with van der Waals surface area (Å²) in [5.74, 6) is 0.335. The lowest BCUT2D eigenvalue weighted by atomic mass is 10.0. The van der Waals surface area contributed by atoms with Crippen LogP contribution in [0, 0.1) is 0 Å². The largest absolute Gasteiger partial charge is 0.376 e. The molecule has 4 nitrogen and oxygen atoms in total. The number of hydrogen-bond donors (Lipinski definition) is 0. The maximum atomic E-state index is 11.2. The lowest BCUT2D eigenvalue weighted by Gasteiger charge is -2.19. The van der Waals surface area contributed by atoms with Gasteiger partial charge in [0.1, 0.15) is 0 Å². The second kappa shape index (κ2) is 6.48. The summed E-state index contributed by atoms with van der Waals surface area (Å²) in [6, 6.07) is 0. The third kappa shape index (κ3) is 3.34. The van der Waals surface area contributed by atoms with Gasteiger partial charge in [0.15, 0.2) is 11.4 Å². The Balaban J connectivity index is 2.10. The molecule has 1 aliphatic rings. The molecule has 2 rings (SSSR count). The topological polar surface area (TPSA) is 42.4 Å². The van der Waals surface area contributed by atoms with Gasteiger partial charge in [-0.15, -0.1) is 0 Å². The van der Waals surface area contributed by atoms with Crippen molar-refractivity contribution >= 4 is 22.8 Å². The molecule has 2 unspecified atom stereocenters. The van der Waals surface area contributed by atoms with Crippen molar-refractivity contribution in [2.24, 2.45) is 0 Å². The third-order valence-electron chi connectivity index (χ3n) is 3.68. The van der Waals surface area contributed by atoms with E-state index in [0.29, 0.717) is 12.0 Å². The van der Waals surface area contributed by atoms with Crippen molar-refractivity contribution in [3.63, 3.8) is 0 Å². The second-order valence-electron chi connectivity index (χ2n) is 5.19. The second-order valence-corrected chi connectivity index (χ2v) is 6.20. The number of likely N-dealkylation sites (N-methyl/N-ethyl adjacent to an activating group) is 1. The van der Waals surface area contributed by atoms with E-state index in [1.165, 1.54) is 11.3 Å². The Labute approximate surface area is 118 Å². The summed E-state index contributed by atoms with van der Waals surface area (Å²) in [7, 11) is 2.02. The standard InChI is InChI=1S/C14H22N2O2S/c1-4-10(2)13-12(9-17)19-14(15-13)16(3)8-11-6-5-7-18-11/h9-11H,4-8H2,1-3H3.